The Kier molecular flexibility index (Phi) is 7.62. The van der Waals surface area contributed by atoms with Gasteiger partial charge in [0.15, 0.2) is 0 Å². The van der Waals surface area contributed by atoms with Crippen LogP contribution in [0.15, 0.2) is 0 Å². The van der Waals surface area contributed by atoms with Gasteiger partial charge < -0.3 is 13.8 Å². The molecular weight excluding hydrogens is 288 g/mol. The van der Waals surface area contributed by atoms with Crippen molar-refractivity contribution in [3.05, 3.63) is 0 Å². The van der Waals surface area contributed by atoms with Crippen LogP contribution in [0, 0.1) is 0 Å². The maximum atomic E-state index is 12.9. The molecule has 0 aliphatic rings. The van der Waals surface area contributed by atoms with Gasteiger partial charge in [-0.2, -0.15) is 13.2 Å². The van der Waals surface area contributed by atoms with Crippen LogP contribution >= 0.6 is 7.60 Å². The third kappa shape index (κ3) is 5.93. The molecule has 0 saturated carbocycles. The lowest BCUT2D eigenvalue weighted by Crippen LogP contribution is -2.35. The molecule has 1 unspecified atom stereocenters. The second-order valence-corrected chi connectivity index (χ2v) is 5.57. The topological polar surface area (TPSA) is 61.8 Å². The van der Waals surface area contributed by atoms with E-state index >= 15 is 0 Å². The van der Waals surface area contributed by atoms with E-state index in [2.05, 4.69) is 13.8 Å². The number of hydrogen-bond donors (Lipinski definition) is 0. The van der Waals surface area contributed by atoms with Gasteiger partial charge in [-0.3, -0.25) is 9.36 Å². The highest BCUT2D eigenvalue weighted by Gasteiger charge is 2.57. The van der Waals surface area contributed by atoms with Crippen LogP contribution in [-0.4, -0.2) is 31.2 Å². The van der Waals surface area contributed by atoms with E-state index in [1.165, 1.54) is 13.8 Å². The molecule has 114 valence electrons. The number of rotatable bonds is 8. The van der Waals surface area contributed by atoms with Gasteiger partial charge in [0.2, 0.25) is 0 Å². The molecule has 0 amide bonds. The minimum atomic E-state index is -5.02. The number of carbonyl (C=O) groups is 1. The molecule has 0 N–H and O–H groups in total. The number of esters is 1. The Balaban J connectivity index is 5.20. The third-order valence-corrected chi connectivity index (χ3v) is 4.09. The fourth-order valence-corrected chi connectivity index (χ4v) is 2.90. The Hall–Kier alpha value is -0.590. The van der Waals surface area contributed by atoms with Crippen LogP contribution in [0.5, 0.6) is 0 Å². The molecule has 0 aliphatic carbocycles. The van der Waals surface area contributed by atoms with Crippen LogP contribution in [0.2, 0.25) is 0 Å². The van der Waals surface area contributed by atoms with Crippen molar-refractivity contribution in [1.82, 2.24) is 0 Å². The summed E-state index contributed by atoms with van der Waals surface area (Å²) in [5, 5.41) is 0. The molecule has 5 nitrogen and oxygen atoms in total. The Morgan fingerprint density at radius 3 is 1.95 bits per heavy atom. The first-order valence-electron chi connectivity index (χ1n) is 5.86. The molecule has 19 heavy (non-hydrogen) atoms. The van der Waals surface area contributed by atoms with Gasteiger partial charge in [0.25, 0.3) is 5.85 Å². The van der Waals surface area contributed by atoms with Crippen LogP contribution in [0.3, 0.4) is 0 Å². The Morgan fingerprint density at radius 2 is 1.63 bits per heavy atom. The lowest BCUT2D eigenvalue weighted by Gasteiger charge is -2.27. The number of ether oxygens (including phenoxy) is 1. The van der Waals surface area contributed by atoms with E-state index in [0.29, 0.717) is 6.42 Å². The standard InChI is InChI=1S/C10H18F3O5P/c1-4-7-8(14)18-9(10(11,12)13)19(15,16-5-2)17-6-3/h9H,4-7H2,1-3H3. The van der Waals surface area contributed by atoms with Crippen molar-refractivity contribution in [3.8, 4) is 0 Å². The van der Waals surface area contributed by atoms with Gasteiger partial charge in [-0.05, 0) is 20.3 Å². The maximum Gasteiger partial charge on any atom is 0.437 e. The number of halogens is 3. The van der Waals surface area contributed by atoms with E-state index < -0.39 is 25.6 Å². The summed E-state index contributed by atoms with van der Waals surface area (Å²) in [6, 6.07) is 0. The molecule has 0 bridgehead atoms. The smallest absolute Gasteiger partial charge is 0.437 e. The first kappa shape index (κ1) is 18.4. The summed E-state index contributed by atoms with van der Waals surface area (Å²) in [7, 11) is -4.60. The van der Waals surface area contributed by atoms with Gasteiger partial charge >= 0.3 is 19.7 Å². The molecule has 9 heteroatoms. The molecule has 0 heterocycles. The summed E-state index contributed by atoms with van der Waals surface area (Å²) in [6.07, 6.45) is -4.91. The SMILES string of the molecule is CCCC(=O)OC(C(F)(F)F)P(=O)(OCC)OCC. The predicted molar refractivity (Wildman–Crippen MR) is 61.7 cm³/mol. The molecule has 0 rings (SSSR count). The fourth-order valence-electron chi connectivity index (χ4n) is 1.23. The van der Waals surface area contributed by atoms with Gasteiger partial charge in [-0.1, -0.05) is 6.92 Å². The molecular formula is C10H18F3O5P. The van der Waals surface area contributed by atoms with E-state index in [0.717, 1.165) is 0 Å². The van der Waals surface area contributed by atoms with Crippen LogP contribution < -0.4 is 0 Å². The summed E-state index contributed by atoms with van der Waals surface area (Å²) < 4.78 is 64.0. The summed E-state index contributed by atoms with van der Waals surface area (Å²) in [5.41, 5.74) is 0. The first-order chi connectivity index (χ1) is 8.71. The highest BCUT2D eigenvalue weighted by Crippen LogP contribution is 2.58. The zero-order chi connectivity index (χ0) is 15.1. The quantitative estimate of drug-likeness (QED) is 0.507. The van der Waals surface area contributed by atoms with E-state index in [1.54, 1.807) is 6.92 Å². The Bertz CT molecular complexity index is 322. The van der Waals surface area contributed by atoms with E-state index in [-0.39, 0.29) is 19.6 Å². The van der Waals surface area contributed by atoms with Crippen molar-refractivity contribution in [2.24, 2.45) is 0 Å². The highest BCUT2D eigenvalue weighted by molar-refractivity contribution is 7.54. The number of alkyl halides is 3. The average Bonchev–Trinajstić information content (AvgIpc) is 2.25. The van der Waals surface area contributed by atoms with Crippen LogP contribution in [0.1, 0.15) is 33.6 Å². The zero-order valence-corrected chi connectivity index (χ0v) is 11.9. The number of hydrogen-bond acceptors (Lipinski definition) is 5. The minimum absolute atomic E-state index is 0.204. The van der Waals surface area contributed by atoms with Crippen molar-refractivity contribution in [3.63, 3.8) is 0 Å². The summed E-state index contributed by atoms with van der Waals surface area (Å²) in [4.78, 5) is 11.2. The molecule has 0 aromatic heterocycles. The van der Waals surface area contributed by atoms with Crippen molar-refractivity contribution in [2.45, 2.75) is 45.6 Å². The normalized spacial score (nSPS) is 14.2. The average molecular weight is 306 g/mol. The highest BCUT2D eigenvalue weighted by atomic mass is 31.2. The summed E-state index contributed by atoms with van der Waals surface area (Å²) in [6.45, 7) is 3.83. The van der Waals surface area contributed by atoms with E-state index in [4.69, 9.17) is 0 Å². The van der Waals surface area contributed by atoms with Crippen LogP contribution in [0.4, 0.5) is 13.2 Å². The molecule has 0 aromatic rings. The molecule has 0 radical (unpaired) electrons. The minimum Gasteiger partial charge on any atom is -0.439 e. The van der Waals surface area contributed by atoms with Crippen molar-refractivity contribution >= 4 is 13.6 Å². The lowest BCUT2D eigenvalue weighted by atomic mass is 10.3. The van der Waals surface area contributed by atoms with E-state index in [1.807, 2.05) is 0 Å². The molecule has 0 aliphatic heterocycles. The van der Waals surface area contributed by atoms with Crippen molar-refractivity contribution in [2.75, 3.05) is 13.2 Å². The summed E-state index contributed by atoms with van der Waals surface area (Å²) in [5.74, 6) is -3.98. The zero-order valence-electron chi connectivity index (χ0n) is 11.0. The Labute approximate surface area is 109 Å². The third-order valence-electron chi connectivity index (χ3n) is 1.88. The van der Waals surface area contributed by atoms with Crippen molar-refractivity contribution < 1.29 is 36.3 Å². The van der Waals surface area contributed by atoms with Gasteiger partial charge in [0.1, 0.15) is 0 Å². The van der Waals surface area contributed by atoms with Gasteiger partial charge in [-0.25, -0.2) is 0 Å². The van der Waals surface area contributed by atoms with Crippen molar-refractivity contribution in [1.29, 1.82) is 0 Å². The van der Waals surface area contributed by atoms with Crippen LogP contribution in [-0.2, 0) is 23.1 Å². The summed E-state index contributed by atoms with van der Waals surface area (Å²) >= 11 is 0. The van der Waals surface area contributed by atoms with Gasteiger partial charge in [0, 0.05) is 6.42 Å². The maximum absolute atomic E-state index is 12.9. The Morgan fingerprint density at radius 1 is 1.16 bits per heavy atom. The second-order valence-electron chi connectivity index (χ2n) is 3.51. The van der Waals surface area contributed by atoms with E-state index in [9.17, 15) is 22.5 Å². The predicted octanol–water partition coefficient (Wildman–Crippen LogP) is 3.48. The molecule has 0 saturated heterocycles. The molecule has 1 atom stereocenters. The number of carbonyl (C=O) groups excluding carboxylic acids is 1. The molecule has 0 fully saturated rings. The first-order valence-corrected chi connectivity index (χ1v) is 7.47. The largest absolute Gasteiger partial charge is 0.439 e. The molecule has 0 spiro atoms. The van der Waals surface area contributed by atoms with Crippen LogP contribution in [0.25, 0.3) is 0 Å². The molecule has 0 aromatic carbocycles. The monoisotopic (exact) mass is 306 g/mol. The lowest BCUT2D eigenvalue weighted by molar-refractivity contribution is -0.204. The van der Waals surface area contributed by atoms with Gasteiger partial charge in [-0.15, -0.1) is 0 Å². The van der Waals surface area contributed by atoms with Gasteiger partial charge in [0.05, 0.1) is 13.2 Å². The fraction of sp³-hybridized carbons (Fsp3) is 0.900. The second kappa shape index (κ2) is 7.87.